The first-order chi connectivity index (χ1) is 11.5. The van der Waals surface area contributed by atoms with Crippen molar-refractivity contribution in [2.45, 2.75) is 0 Å². The monoisotopic (exact) mass is 323 g/mol. The Morgan fingerprint density at radius 3 is 2.25 bits per heavy atom. The third-order valence-electron chi connectivity index (χ3n) is 4.09. The van der Waals surface area contributed by atoms with Crippen molar-refractivity contribution >= 4 is 22.9 Å². The number of rotatable bonds is 4. The summed E-state index contributed by atoms with van der Waals surface area (Å²) >= 11 is 0. The Bertz CT molecular complexity index is 866. The molecule has 3 rings (SSSR count). The average molecular weight is 323 g/mol. The van der Waals surface area contributed by atoms with Gasteiger partial charge in [-0.25, -0.2) is 0 Å². The van der Waals surface area contributed by atoms with Crippen molar-refractivity contribution in [1.82, 2.24) is 9.30 Å². The molecule has 5 nitrogen and oxygen atoms in total. The Hall–Kier alpha value is -2.95. The minimum absolute atomic E-state index is 0.0105. The van der Waals surface area contributed by atoms with Crippen molar-refractivity contribution in [3.63, 3.8) is 0 Å². The van der Waals surface area contributed by atoms with Crippen molar-refractivity contribution in [2.75, 3.05) is 33.2 Å². The standard InChI is InChI=1S/C19H21N3O2/c1-20(2)19(23)14-5-6-16-9-12-18(22(16)13-14)21(3)15-7-10-17(24-4)11-8-15/h5-13H,1-4H3. The summed E-state index contributed by atoms with van der Waals surface area (Å²) in [6, 6.07) is 15.8. The largest absolute Gasteiger partial charge is 0.497 e. The molecule has 0 aliphatic carbocycles. The maximum atomic E-state index is 12.2. The van der Waals surface area contributed by atoms with E-state index in [0.717, 1.165) is 22.8 Å². The van der Waals surface area contributed by atoms with Gasteiger partial charge in [0.15, 0.2) is 0 Å². The van der Waals surface area contributed by atoms with Crippen LogP contribution >= 0.6 is 0 Å². The normalized spacial score (nSPS) is 10.7. The molecule has 5 heteroatoms. The van der Waals surface area contributed by atoms with E-state index >= 15 is 0 Å². The Labute approximate surface area is 141 Å². The molecule has 0 bridgehead atoms. The smallest absolute Gasteiger partial charge is 0.254 e. The van der Waals surface area contributed by atoms with Crippen LogP contribution in [0.3, 0.4) is 0 Å². The number of anilines is 2. The fourth-order valence-electron chi connectivity index (χ4n) is 2.68. The molecule has 0 atom stereocenters. The van der Waals surface area contributed by atoms with E-state index in [-0.39, 0.29) is 5.91 Å². The van der Waals surface area contributed by atoms with Crippen molar-refractivity contribution in [1.29, 1.82) is 0 Å². The van der Waals surface area contributed by atoms with Crippen molar-refractivity contribution < 1.29 is 9.53 Å². The number of aromatic nitrogens is 1. The second kappa shape index (κ2) is 6.28. The minimum atomic E-state index is -0.0105. The van der Waals surface area contributed by atoms with E-state index in [0.29, 0.717) is 5.56 Å². The van der Waals surface area contributed by atoms with Crippen LogP contribution in [0.2, 0.25) is 0 Å². The molecule has 2 heterocycles. The van der Waals surface area contributed by atoms with E-state index in [1.165, 1.54) is 0 Å². The highest BCUT2D eigenvalue weighted by Gasteiger charge is 2.13. The lowest BCUT2D eigenvalue weighted by molar-refractivity contribution is 0.0827. The Kier molecular flexibility index (Phi) is 4.16. The second-order valence-electron chi connectivity index (χ2n) is 5.86. The molecule has 24 heavy (non-hydrogen) atoms. The molecule has 0 spiro atoms. The van der Waals surface area contributed by atoms with Gasteiger partial charge in [-0.15, -0.1) is 0 Å². The highest BCUT2D eigenvalue weighted by molar-refractivity contribution is 5.94. The second-order valence-corrected chi connectivity index (χ2v) is 5.86. The fraction of sp³-hybridized carbons (Fsp3) is 0.211. The summed E-state index contributed by atoms with van der Waals surface area (Å²) in [7, 11) is 7.17. The molecule has 1 amide bonds. The zero-order chi connectivity index (χ0) is 17.3. The van der Waals surface area contributed by atoms with Gasteiger partial charge in [0.25, 0.3) is 5.91 Å². The van der Waals surface area contributed by atoms with E-state index < -0.39 is 0 Å². The van der Waals surface area contributed by atoms with Crippen LogP contribution in [0.4, 0.5) is 11.5 Å². The van der Waals surface area contributed by atoms with Gasteiger partial charge >= 0.3 is 0 Å². The quantitative estimate of drug-likeness (QED) is 0.738. The first-order valence-corrected chi connectivity index (χ1v) is 7.72. The van der Waals surface area contributed by atoms with Crippen molar-refractivity contribution in [3.8, 4) is 5.75 Å². The van der Waals surface area contributed by atoms with Gasteiger partial charge < -0.3 is 18.9 Å². The summed E-state index contributed by atoms with van der Waals surface area (Å²) in [6.45, 7) is 0. The van der Waals surface area contributed by atoms with Crippen molar-refractivity contribution in [2.24, 2.45) is 0 Å². The summed E-state index contributed by atoms with van der Waals surface area (Å²) in [4.78, 5) is 15.9. The van der Waals surface area contributed by atoms with Crippen LogP contribution < -0.4 is 9.64 Å². The molecular weight excluding hydrogens is 302 g/mol. The zero-order valence-electron chi connectivity index (χ0n) is 14.4. The number of benzene rings is 1. The average Bonchev–Trinajstić information content (AvgIpc) is 3.03. The molecule has 3 aromatic rings. The SMILES string of the molecule is COc1ccc(N(C)c2ccc3ccc(C(=O)N(C)C)cn23)cc1. The van der Waals surface area contributed by atoms with E-state index in [1.54, 1.807) is 26.1 Å². The van der Waals surface area contributed by atoms with Gasteiger partial charge in [0.1, 0.15) is 11.6 Å². The Balaban J connectivity index is 2.01. The maximum absolute atomic E-state index is 12.2. The van der Waals surface area contributed by atoms with E-state index in [1.807, 2.05) is 66.2 Å². The molecule has 0 saturated carbocycles. The predicted octanol–water partition coefficient (Wildman–Crippen LogP) is 3.42. The summed E-state index contributed by atoms with van der Waals surface area (Å²) < 4.78 is 7.24. The van der Waals surface area contributed by atoms with Crippen LogP contribution in [0.15, 0.2) is 54.7 Å². The molecule has 0 unspecified atom stereocenters. The molecule has 0 aliphatic heterocycles. The third-order valence-corrected chi connectivity index (χ3v) is 4.09. The van der Waals surface area contributed by atoms with Gasteiger partial charge in [-0.1, -0.05) is 0 Å². The van der Waals surface area contributed by atoms with Gasteiger partial charge in [-0.2, -0.15) is 0 Å². The highest BCUT2D eigenvalue weighted by atomic mass is 16.5. The Morgan fingerprint density at radius 1 is 0.958 bits per heavy atom. The molecule has 0 N–H and O–H groups in total. The number of nitrogens with zero attached hydrogens (tertiary/aromatic N) is 3. The summed E-state index contributed by atoms with van der Waals surface area (Å²) in [5.74, 6) is 1.80. The Morgan fingerprint density at radius 2 is 1.62 bits per heavy atom. The molecule has 0 fully saturated rings. The lowest BCUT2D eigenvalue weighted by Gasteiger charge is -2.20. The van der Waals surface area contributed by atoms with Crippen LogP contribution in [0.5, 0.6) is 5.75 Å². The fourth-order valence-corrected chi connectivity index (χ4v) is 2.68. The van der Waals surface area contributed by atoms with E-state index in [2.05, 4.69) is 4.90 Å². The number of pyridine rings is 1. The number of carbonyl (C=O) groups excluding carboxylic acids is 1. The molecule has 0 saturated heterocycles. The number of carbonyl (C=O) groups is 1. The van der Waals surface area contributed by atoms with Crippen LogP contribution in [0.1, 0.15) is 10.4 Å². The predicted molar refractivity (Wildman–Crippen MR) is 96.5 cm³/mol. The number of ether oxygens (including phenoxy) is 1. The van der Waals surface area contributed by atoms with Crippen LogP contribution in [0, 0.1) is 0 Å². The first-order valence-electron chi connectivity index (χ1n) is 7.72. The minimum Gasteiger partial charge on any atom is -0.497 e. The number of amides is 1. The molecule has 1 aromatic carbocycles. The van der Waals surface area contributed by atoms with Gasteiger partial charge in [-0.3, -0.25) is 4.79 Å². The summed E-state index contributed by atoms with van der Waals surface area (Å²) in [6.07, 6.45) is 1.88. The van der Waals surface area contributed by atoms with Gasteiger partial charge in [0.2, 0.25) is 0 Å². The summed E-state index contributed by atoms with van der Waals surface area (Å²) in [5, 5.41) is 0. The van der Waals surface area contributed by atoms with Crippen LogP contribution in [0.25, 0.3) is 5.52 Å². The molecule has 0 aliphatic rings. The third kappa shape index (κ3) is 2.80. The van der Waals surface area contributed by atoms with Crippen LogP contribution in [-0.2, 0) is 0 Å². The van der Waals surface area contributed by atoms with Gasteiger partial charge in [0, 0.05) is 38.5 Å². The lowest BCUT2D eigenvalue weighted by atomic mass is 10.2. The highest BCUT2D eigenvalue weighted by Crippen LogP contribution is 2.27. The van der Waals surface area contributed by atoms with Crippen LogP contribution in [-0.4, -0.2) is 43.5 Å². The van der Waals surface area contributed by atoms with Gasteiger partial charge in [0.05, 0.1) is 12.7 Å². The molecular formula is C19H21N3O2. The zero-order valence-corrected chi connectivity index (χ0v) is 14.4. The number of hydrogen-bond acceptors (Lipinski definition) is 3. The van der Waals surface area contributed by atoms with E-state index in [4.69, 9.17) is 4.74 Å². The first kappa shape index (κ1) is 15.9. The number of hydrogen-bond donors (Lipinski definition) is 0. The van der Waals surface area contributed by atoms with Crippen molar-refractivity contribution in [3.05, 3.63) is 60.3 Å². The molecule has 124 valence electrons. The number of fused-ring (bicyclic) bond motifs is 1. The van der Waals surface area contributed by atoms with E-state index in [9.17, 15) is 4.79 Å². The lowest BCUT2D eigenvalue weighted by Crippen LogP contribution is -2.22. The van der Waals surface area contributed by atoms with Gasteiger partial charge in [-0.05, 0) is 48.5 Å². The number of methoxy groups -OCH3 is 1. The maximum Gasteiger partial charge on any atom is 0.254 e. The summed E-state index contributed by atoms with van der Waals surface area (Å²) in [5.41, 5.74) is 2.74. The molecule has 0 radical (unpaired) electrons. The topological polar surface area (TPSA) is 37.2 Å². The molecule has 2 aromatic heterocycles.